The van der Waals surface area contributed by atoms with Crippen molar-refractivity contribution in [3.63, 3.8) is 0 Å². The van der Waals surface area contributed by atoms with Crippen LogP contribution < -0.4 is 14.4 Å². The van der Waals surface area contributed by atoms with Gasteiger partial charge in [-0.15, -0.1) is 0 Å². The Balaban J connectivity index is 1.55. The van der Waals surface area contributed by atoms with Crippen LogP contribution in [0.25, 0.3) is 0 Å². The second-order valence-corrected chi connectivity index (χ2v) is 13.9. The summed E-state index contributed by atoms with van der Waals surface area (Å²) in [6.45, 7) is 1.89. The molecule has 0 spiro atoms. The van der Waals surface area contributed by atoms with Gasteiger partial charge < -0.3 is 15.0 Å². The molecule has 47 heavy (non-hydrogen) atoms. The summed E-state index contributed by atoms with van der Waals surface area (Å²) >= 11 is 6.08. The molecule has 1 saturated carbocycles. The lowest BCUT2D eigenvalue weighted by Crippen LogP contribution is -2.54. The summed E-state index contributed by atoms with van der Waals surface area (Å²) in [5.41, 5.74) is 1.99. The summed E-state index contributed by atoms with van der Waals surface area (Å²) in [5.74, 6) is -0.190. The van der Waals surface area contributed by atoms with Crippen LogP contribution in [-0.2, 0) is 32.6 Å². The quantitative estimate of drug-likeness (QED) is 0.162. The molecule has 2 amide bonds. The second-order valence-electron chi connectivity index (χ2n) is 11.6. The first-order valence-electron chi connectivity index (χ1n) is 15.9. The van der Waals surface area contributed by atoms with Crippen molar-refractivity contribution in [2.24, 2.45) is 0 Å². The Labute approximate surface area is 282 Å². The van der Waals surface area contributed by atoms with Gasteiger partial charge in [0.2, 0.25) is 11.8 Å². The number of nitrogens with one attached hydrogen (secondary N) is 1. The Hall–Kier alpha value is -4.34. The first-order valence-corrected chi connectivity index (χ1v) is 17.7. The highest BCUT2D eigenvalue weighted by atomic mass is 35.5. The Kier molecular flexibility index (Phi) is 11.6. The summed E-state index contributed by atoms with van der Waals surface area (Å²) in [6, 6.07) is 30.5. The molecular formula is C37H40ClN3O5S. The van der Waals surface area contributed by atoms with Gasteiger partial charge in [-0.3, -0.25) is 13.9 Å². The molecule has 246 valence electrons. The monoisotopic (exact) mass is 673 g/mol. The van der Waals surface area contributed by atoms with E-state index in [1.54, 1.807) is 24.3 Å². The molecule has 0 heterocycles. The summed E-state index contributed by atoms with van der Waals surface area (Å²) in [6.07, 6.45) is 4.13. The molecule has 1 N–H and O–H groups in total. The minimum atomic E-state index is -4.24. The molecule has 4 aromatic carbocycles. The number of sulfonamides is 1. The van der Waals surface area contributed by atoms with Crippen LogP contribution in [-0.4, -0.2) is 50.4 Å². The topological polar surface area (TPSA) is 96.0 Å². The molecular weight excluding hydrogens is 634 g/mol. The number of ether oxygens (including phenoxy) is 1. The number of benzene rings is 4. The fraction of sp³-hybridized carbons (Fsp3) is 0.297. The molecule has 0 radical (unpaired) electrons. The number of anilines is 1. The highest BCUT2D eigenvalue weighted by Crippen LogP contribution is 2.28. The highest BCUT2D eigenvalue weighted by Gasteiger charge is 2.35. The second kappa shape index (κ2) is 16.0. The van der Waals surface area contributed by atoms with Crippen molar-refractivity contribution in [2.45, 2.75) is 62.6 Å². The zero-order valence-corrected chi connectivity index (χ0v) is 28.0. The molecule has 4 aromatic rings. The third-order valence-corrected chi connectivity index (χ3v) is 10.3. The maximum Gasteiger partial charge on any atom is 0.264 e. The van der Waals surface area contributed by atoms with Gasteiger partial charge in [-0.1, -0.05) is 85.1 Å². The molecule has 1 fully saturated rings. The molecule has 1 unspecified atom stereocenters. The highest BCUT2D eigenvalue weighted by molar-refractivity contribution is 7.92. The van der Waals surface area contributed by atoms with Crippen LogP contribution in [0.4, 0.5) is 5.69 Å². The molecule has 0 bridgehead atoms. The number of hydrogen-bond donors (Lipinski definition) is 1. The first-order chi connectivity index (χ1) is 22.7. The minimum Gasteiger partial charge on any atom is -0.494 e. The number of nitrogens with zero attached hydrogens (tertiary/aromatic N) is 2. The van der Waals surface area contributed by atoms with Gasteiger partial charge >= 0.3 is 0 Å². The van der Waals surface area contributed by atoms with Crippen LogP contribution in [0.1, 0.15) is 43.7 Å². The van der Waals surface area contributed by atoms with E-state index in [9.17, 15) is 18.0 Å². The van der Waals surface area contributed by atoms with Crippen LogP contribution in [0.5, 0.6) is 5.75 Å². The molecule has 0 saturated heterocycles. The van der Waals surface area contributed by atoms with E-state index in [1.807, 2.05) is 67.6 Å². The Morgan fingerprint density at radius 1 is 0.851 bits per heavy atom. The molecule has 1 atom stereocenters. The number of amides is 2. The zero-order valence-electron chi connectivity index (χ0n) is 26.4. The van der Waals surface area contributed by atoms with Crippen molar-refractivity contribution >= 4 is 39.1 Å². The van der Waals surface area contributed by atoms with Gasteiger partial charge in [0.05, 0.1) is 17.2 Å². The standard InChI is InChI=1S/C37H40ClN3O5S/c1-2-46-33-21-19-32(20-22-33)41(47(44,45)34-23-17-30(38)18-24-34)27-36(42)40(26-29-13-7-4-8-14-29)35(25-28-11-5-3-6-12-28)37(43)39-31-15-9-10-16-31/h3-8,11-14,17-24,31,35H,2,9-10,15-16,25-27H2,1H3,(H,39,43). The van der Waals surface area contributed by atoms with Gasteiger partial charge in [-0.25, -0.2) is 8.42 Å². The van der Waals surface area contributed by atoms with Crippen molar-refractivity contribution in [1.29, 1.82) is 0 Å². The number of carbonyl (C=O) groups is 2. The predicted molar refractivity (Wildman–Crippen MR) is 185 cm³/mol. The molecule has 5 rings (SSSR count). The summed E-state index contributed by atoms with van der Waals surface area (Å²) in [5, 5.41) is 3.58. The summed E-state index contributed by atoms with van der Waals surface area (Å²) in [7, 11) is -4.24. The van der Waals surface area contributed by atoms with E-state index >= 15 is 0 Å². The number of carbonyl (C=O) groups excluding carboxylic acids is 2. The van der Waals surface area contributed by atoms with Gasteiger partial charge in [0, 0.05) is 24.0 Å². The maximum atomic E-state index is 14.6. The van der Waals surface area contributed by atoms with Gasteiger partial charge in [0.1, 0.15) is 18.3 Å². The third-order valence-electron chi connectivity index (χ3n) is 8.28. The van der Waals surface area contributed by atoms with Crippen molar-refractivity contribution in [1.82, 2.24) is 10.2 Å². The average Bonchev–Trinajstić information content (AvgIpc) is 3.60. The lowest BCUT2D eigenvalue weighted by Gasteiger charge is -2.34. The lowest BCUT2D eigenvalue weighted by molar-refractivity contribution is -0.140. The van der Waals surface area contributed by atoms with E-state index in [-0.39, 0.29) is 35.5 Å². The van der Waals surface area contributed by atoms with Crippen LogP contribution in [0, 0.1) is 0 Å². The Morgan fingerprint density at radius 3 is 2.04 bits per heavy atom. The smallest absolute Gasteiger partial charge is 0.264 e. The summed E-state index contributed by atoms with van der Waals surface area (Å²) < 4.78 is 35.1. The van der Waals surface area contributed by atoms with E-state index in [0.717, 1.165) is 41.1 Å². The zero-order chi connectivity index (χ0) is 33.2. The van der Waals surface area contributed by atoms with E-state index in [0.29, 0.717) is 17.4 Å². The number of halogens is 1. The summed E-state index contributed by atoms with van der Waals surface area (Å²) in [4.78, 5) is 30.2. The van der Waals surface area contributed by atoms with Gasteiger partial charge in [-0.2, -0.15) is 0 Å². The third kappa shape index (κ3) is 8.93. The van der Waals surface area contributed by atoms with E-state index in [2.05, 4.69) is 5.32 Å². The van der Waals surface area contributed by atoms with E-state index < -0.39 is 28.5 Å². The maximum absolute atomic E-state index is 14.6. The van der Waals surface area contributed by atoms with Crippen LogP contribution in [0.2, 0.25) is 5.02 Å². The number of hydrogen-bond acceptors (Lipinski definition) is 5. The SMILES string of the molecule is CCOc1ccc(N(CC(=O)N(Cc2ccccc2)C(Cc2ccccc2)C(=O)NC2CCCC2)S(=O)(=O)c2ccc(Cl)cc2)cc1. The number of rotatable bonds is 14. The van der Waals surface area contributed by atoms with Crippen molar-refractivity contribution in [3.8, 4) is 5.75 Å². The minimum absolute atomic E-state index is 0.0157. The fourth-order valence-corrected chi connectivity index (χ4v) is 7.38. The largest absolute Gasteiger partial charge is 0.494 e. The van der Waals surface area contributed by atoms with Gasteiger partial charge in [0.25, 0.3) is 10.0 Å². The molecule has 0 aromatic heterocycles. The van der Waals surface area contributed by atoms with Crippen molar-refractivity contribution in [3.05, 3.63) is 125 Å². The normalized spacial score (nSPS) is 13.9. The Morgan fingerprint density at radius 2 is 1.45 bits per heavy atom. The van der Waals surface area contributed by atoms with Gasteiger partial charge in [-0.05, 0) is 79.4 Å². The molecule has 1 aliphatic rings. The van der Waals surface area contributed by atoms with Crippen LogP contribution in [0.3, 0.4) is 0 Å². The molecule has 0 aliphatic heterocycles. The van der Waals surface area contributed by atoms with Crippen LogP contribution in [0.15, 0.2) is 114 Å². The fourth-order valence-electron chi connectivity index (χ4n) is 5.84. The predicted octanol–water partition coefficient (Wildman–Crippen LogP) is 6.63. The van der Waals surface area contributed by atoms with E-state index in [1.165, 1.54) is 29.2 Å². The van der Waals surface area contributed by atoms with Crippen LogP contribution >= 0.6 is 11.6 Å². The van der Waals surface area contributed by atoms with Gasteiger partial charge in [0.15, 0.2) is 0 Å². The average molecular weight is 674 g/mol. The van der Waals surface area contributed by atoms with Crippen molar-refractivity contribution in [2.75, 3.05) is 17.5 Å². The molecule has 1 aliphatic carbocycles. The Bertz CT molecular complexity index is 1710. The first kappa shape index (κ1) is 34.0. The van der Waals surface area contributed by atoms with Crippen molar-refractivity contribution < 1.29 is 22.7 Å². The van der Waals surface area contributed by atoms with E-state index in [4.69, 9.17) is 16.3 Å². The molecule has 10 heteroatoms. The molecule has 8 nitrogen and oxygen atoms in total. The lowest BCUT2D eigenvalue weighted by atomic mass is 10.0.